The summed E-state index contributed by atoms with van der Waals surface area (Å²) in [7, 11) is 1.61. The van der Waals surface area contributed by atoms with Gasteiger partial charge < -0.3 is 10.4 Å². The van der Waals surface area contributed by atoms with Crippen LogP contribution in [0.2, 0.25) is 0 Å². The summed E-state index contributed by atoms with van der Waals surface area (Å²) in [6.07, 6.45) is 6.42. The van der Waals surface area contributed by atoms with Crippen LogP contribution in [0.1, 0.15) is 53.5 Å². The van der Waals surface area contributed by atoms with Crippen LogP contribution in [0.15, 0.2) is 6.20 Å². The van der Waals surface area contributed by atoms with Crippen LogP contribution in [0.3, 0.4) is 0 Å². The summed E-state index contributed by atoms with van der Waals surface area (Å²) in [5.74, 6) is 0.547. The molecule has 6 heteroatoms. The zero-order valence-electron chi connectivity index (χ0n) is 12.4. The molecule has 0 radical (unpaired) electrons. The van der Waals surface area contributed by atoms with Crippen LogP contribution in [0, 0.1) is 17.8 Å². The predicted octanol–water partition coefficient (Wildman–Crippen LogP) is 1.67. The second-order valence-corrected chi connectivity index (χ2v) is 6.47. The molecule has 1 aromatic heterocycles. The third kappa shape index (κ3) is 2.54. The number of amides is 1. The van der Waals surface area contributed by atoms with Crippen molar-refractivity contribution in [1.82, 2.24) is 15.1 Å². The molecular formula is C15H21N3O3. The predicted molar refractivity (Wildman–Crippen MR) is 76.0 cm³/mol. The van der Waals surface area contributed by atoms with E-state index in [0.717, 1.165) is 5.92 Å². The minimum absolute atomic E-state index is 0.00000591. The molecule has 0 saturated heterocycles. The topological polar surface area (TPSA) is 84.2 Å². The second-order valence-electron chi connectivity index (χ2n) is 6.47. The number of carbonyl (C=O) groups is 2. The Morgan fingerprint density at radius 3 is 2.76 bits per heavy atom. The van der Waals surface area contributed by atoms with E-state index in [4.69, 9.17) is 5.11 Å². The van der Waals surface area contributed by atoms with Gasteiger partial charge in [0.1, 0.15) is 5.56 Å². The normalized spacial score (nSPS) is 28.6. The highest BCUT2D eigenvalue weighted by Gasteiger charge is 2.42. The molecule has 0 aliphatic heterocycles. The van der Waals surface area contributed by atoms with Crippen LogP contribution in [0.25, 0.3) is 0 Å². The molecular weight excluding hydrogens is 270 g/mol. The van der Waals surface area contributed by atoms with Crippen LogP contribution in [-0.4, -0.2) is 32.8 Å². The Labute approximate surface area is 123 Å². The molecule has 21 heavy (non-hydrogen) atoms. The third-order valence-electron chi connectivity index (χ3n) is 5.07. The lowest BCUT2D eigenvalue weighted by Gasteiger charge is -2.28. The van der Waals surface area contributed by atoms with Gasteiger partial charge in [-0.05, 0) is 43.9 Å². The van der Waals surface area contributed by atoms with Gasteiger partial charge in [-0.25, -0.2) is 4.79 Å². The van der Waals surface area contributed by atoms with Gasteiger partial charge in [0.25, 0.3) is 5.91 Å². The Bertz CT molecular complexity index is 581. The fourth-order valence-electron chi connectivity index (χ4n) is 4.10. The van der Waals surface area contributed by atoms with E-state index in [-0.39, 0.29) is 23.2 Å². The van der Waals surface area contributed by atoms with Gasteiger partial charge in [0.15, 0.2) is 5.69 Å². The molecule has 3 rings (SSSR count). The number of carboxylic acids is 1. The number of carboxylic acid groups (broad SMARTS) is 1. The van der Waals surface area contributed by atoms with Crippen molar-refractivity contribution in [2.24, 2.45) is 24.8 Å². The van der Waals surface area contributed by atoms with Gasteiger partial charge in [-0.15, -0.1) is 0 Å². The van der Waals surface area contributed by atoms with E-state index in [9.17, 15) is 9.59 Å². The van der Waals surface area contributed by atoms with Crippen LogP contribution < -0.4 is 5.32 Å². The van der Waals surface area contributed by atoms with Gasteiger partial charge >= 0.3 is 5.97 Å². The van der Waals surface area contributed by atoms with Crippen molar-refractivity contribution in [2.45, 2.75) is 38.6 Å². The zero-order chi connectivity index (χ0) is 15.1. The number of nitrogens with zero attached hydrogens (tertiary/aromatic N) is 2. The molecule has 0 unspecified atom stereocenters. The fraction of sp³-hybridized carbons (Fsp3) is 0.667. The Morgan fingerprint density at radius 1 is 1.43 bits per heavy atom. The van der Waals surface area contributed by atoms with Gasteiger partial charge in [0.05, 0.1) is 0 Å². The Hall–Kier alpha value is -1.85. The smallest absolute Gasteiger partial charge is 0.339 e. The van der Waals surface area contributed by atoms with Gasteiger partial charge in [0.2, 0.25) is 0 Å². The Morgan fingerprint density at radius 2 is 2.19 bits per heavy atom. The molecule has 1 heterocycles. The molecule has 1 amide bonds. The van der Waals surface area contributed by atoms with E-state index in [0.29, 0.717) is 11.8 Å². The van der Waals surface area contributed by atoms with E-state index < -0.39 is 5.97 Å². The molecule has 2 saturated carbocycles. The first-order valence-corrected chi connectivity index (χ1v) is 7.53. The number of aromatic carboxylic acids is 1. The number of carbonyl (C=O) groups excluding carboxylic acids is 1. The van der Waals surface area contributed by atoms with Crippen molar-refractivity contribution in [2.75, 3.05) is 0 Å². The molecule has 2 aliphatic carbocycles. The largest absolute Gasteiger partial charge is 0.478 e. The maximum absolute atomic E-state index is 12.3. The van der Waals surface area contributed by atoms with E-state index in [1.54, 1.807) is 7.05 Å². The summed E-state index contributed by atoms with van der Waals surface area (Å²) >= 11 is 0. The van der Waals surface area contributed by atoms with Crippen LogP contribution in [-0.2, 0) is 7.05 Å². The number of hydrogen-bond donors (Lipinski definition) is 2. The summed E-state index contributed by atoms with van der Waals surface area (Å²) in [6, 6.07) is 0.0662. The van der Waals surface area contributed by atoms with Crippen molar-refractivity contribution >= 4 is 11.9 Å². The number of aryl methyl sites for hydroxylation is 1. The van der Waals surface area contributed by atoms with E-state index >= 15 is 0 Å². The number of aromatic nitrogens is 2. The Kier molecular flexibility index (Phi) is 3.47. The average molecular weight is 291 g/mol. The standard InChI is InChI=1S/C15H21N3O3/c1-8(11-6-9-3-4-10(11)5-9)16-14(19)13-12(15(20)21)7-18(2)17-13/h7-11H,3-6H2,1-2H3,(H,16,19)(H,20,21)/t8-,9-,10-,11-/m1/s1. The SMILES string of the molecule is C[C@@H](NC(=O)c1nn(C)cc1C(=O)O)[C@H]1C[C@@H]2CC[C@@H]1C2. The number of rotatable bonds is 4. The highest BCUT2D eigenvalue weighted by Crippen LogP contribution is 2.49. The molecule has 0 aromatic carbocycles. The van der Waals surface area contributed by atoms with Gasteiger partial charge in [-0.1, -0.05) is 6.42 Å². The van der Waals surface area contributed by atoms with Crippen LogP contribution in [0.4, 0.5) is 0 Å². The maximum Gasteiger partial charge on any atom is 0.339 e. The van der Waals surface area contributed by atoms with Gasteiger partial charge in [-0.2, -0.15) is 5.10 Å². The summed E-state index contributed by atoms with van der Waals surface area (Å²) in [5, 5.41) is 16.1. The molecule has 114 valence electrons. The lowest BCUT2D eigenvalue weighted by Crippen LogP contribution is -2.40. The quantitative estimate of drug-likeness (QED) is 0.884. The van der Waals surface area contributed by atoms with Crippen LogP contribution in [0.5, 0.6) is 0 Å². The first-order valence-electron chi connectivity index (χ1n) is 7.53. The minimum Gasteiger partial charge on any atom is -0.478 e. The monoisotopic (exact) mass is 291 g/mol. The second kappa shape index (κ2) is 5.16. The van der Waals surface area contributed by atoms with Crippen molar-refractivity contribution in [3.05, 3.63) is 17.5 Å². The third-order valence-corrected chi connectivity index (χ3v) is 5.07. The lowest BCUT2D eigenvalue weighted by molar-refractivity contribution is 0.0689. The maximum atomic E-state index is 12.3. The summed E-state index contributed by atoms with van der Waals surface area (Å²) in [6.45, 7) is 2.02. The number of nitrogens with one attached hydrogen (secondary N) is 1. The molecule has 0 spiro atoms. The lowest BCUT2D eigenvalue weighted by atomic mass is 9.84. The van der Waals surface area contributed by atoms with Crippen molar-refractivity contribution in [3.8, 4) is 0 Å². The molecule has 1 aromatic rings. The molecule has 2 bridgehead atoms. The van der Waals surface area contributed by atoms with Gasteiger partial charge in [-0.3, -0.25) is 9.48 Å². The van der Waals surface area contributed by atoms with Crippen molar-refractivity contribution in [1.29, 1.82) is 0 Å². The number of hydrogen-bond acceptors (Lipinski definition) is 3. The summed E-state index contributed by atoms with van der Waals surface area (Å²) in [4.78, 5) is 23.5. The minimum atomic E-state index is -1.12. The average Bonchev–Trinajstić information content (AvgIpc) is 3.12. The molecule has 2 aliphatic rings. The molecule has 2 N–H and O–H groups in total. The Balaban J connectivity index is 1.70. The first-order chi connectivity index (χ1) is 9.95. The van der Waals surface area contributed by atoms with E-state index in [1.807, 2.05) is 6.92 Å². The summed E-state index contributed by atoms with van der Waals surface area (Å²) in [5.41, 5.74) is -0.0462. The van der Waals surface area contributed by atoms with E-state index in [2.05, 4.69) is 10.4 Å². The molecule has 2 fully saturated rings. The highest BCUT2D eigenvalue weighted by atomic mass is 16.4. The van der Waals surface area contributed by atoms with Crippen LogP contribution >= 0.6 is 0 Å². The molecule has 6 nitrogen and oxygen atoms in total. The van der Waals surface area contributed by atoms with E-state index in [1.165, 1.54) is 36.6 Å². The summed E-state index contributed by atoms with van der Waals surface area (Å²) < 4.78 is 1.36. The van der Waals surface area contributed by atoms with Crippen molar-refractivity contribution in [3.63, 3.8) is 0 Å². The number of fused-ring (bicyclic) bond motifs is 2. The van der Waals surface area contributed by atoms with Crippen molar-refractivity contribution < 1.29 is 14.7 Å². The first kappa shape index (κ1) is 14.1. The highest BCUT2D eigenvalue weighted by molar-refractivity contribution is 6.03. The van der Waals surface area contributed by atoms with Gasteiger partial charge in [0, 0.05) is 19.3 Å². The molecule has 4 atom stereocenters. The zero-order valence-corrected chi connectivity index (χ0v) is 12.4. The fourth-order valence-corrected chi connectivity index (χ4v) is 4.10.